The van der Waals surface area contributed by atoms with Crippen LogP contribution in [0.15, 0.2) is 40.8 Å². The lowest BCUT2D eigenvalue weighted by atomic mass is 10.1. The molecule has 0 fully saturated rings. The number of furan rings is 1. The van der Waals surface area contributed by atoms with E-state index in [1.54, 1.807) is 6.92 Å². The molecule has 1 aromatic carbocycles. The third-order valence-corrected chi connectivity index (χ3v) is 5.54. The fourth-order valence-electron chi connectivity index (χ4n) is 2.68. The monoisotopic (exact) mass is 461 g/mol. The highest BCUT2D eigenvalue weighted by atomic mass is 32.1. The first kappa shape index (κ1) is 23.0. The van der Waals surface area contributed by atoms with Crippen molar-refractivity contribution in [3.63, 3.8) is 0 Å². The van der Waals surface area contributed by atoms with Gasteiger partial charge >= 0.3 is 11.9 Å². The number of amides is 1. The molecule has 3 aromatic rings. The number of rotatable bonds is 8. The smallest absolute Gasteiger partial charge is 0.374 e. The summed E-state index contributed by atoms with van der Waals surface area (Å²) in [6.45, 7) is 3.02. The van der Waals surface area contributed by atoms with Gasteiger partial charge in [0.2, 0.25) is 5.76 Å². The van der Waals surface area contributed by atoms with Crippen LogP contribution >= 0.6 is 11.3 Å². The first-order chi connectivity index (χ1) is 15.3. The summed E-state index contributed by atoms with van der Waals surface area (Å²) >= 11 is 1.22. The maximum absolute atomic E-state index is 12.9. The highest BCUT2D eigenvalue weighted by molar-refractivity contribution is 7.16. The van der Waals surface area contributed by atoms with Crippen molar-refractivity contribution in [3.05, 3.63) is 69.7 Å². The first-order valence-corrected chi connectivity index (χ1v) is 10.2. The lowest BCUT2D eigenvalue weighted by Crippen LogP contribution is -2.21. The zero-order valence-electron chi connectivity index (χ0n) is 17.5. The van der Waals surface area contributed by atoms with Gasteiger partial charge in [-0.3, -0.25) is 4.79 Å². The third-order valence-electron chi connectivity index (χ3n) is 4.42. The minimum atomic E-state index is -0.833. The van der Waals surface area contributed by atoms with Crippen LogP contribution in [0.2, 0.25) is 0 Å². The van der Waals surface area contributed by atoms with Gasteiger partial charge in [0.15, 0.2) is 6.61 Å². The van der Waals surface area contributed by atoms with Crippen LogP contribution in [0.4, 0.5) is 9.39 Å². The maximum atomic E-state index is 12.9. The molecule has 0 spiro atoms. The summed E-state index contributed by atoms with van der Waals surface area (Å²) in [5.41, 5.74) is 0.978. The Morgan fingerprint density at radius 2 is 1.78 bits per heavy atom. The average Bonchev–Trinajstić information content (AvgIpc) is 3.36. The molecular weight excluding hydrogens is 441 g/mol. The minimum Gasteiger partial charge on any atom is -0.486 e. The fraction of sp³-hybridized carbons (Fsp3) is 0.227. The molecule has 32 heavy (non-hydrogen) atoms. The van der Waals surface area contributed by atoms with Gasteiger partial charge in [-0.15, -0.1) is 11.3 Å². The van der Waals surface area contributed by atoms with E-state index >= 15 is 0 Å². The van der Waals surface area contributed by atoms with Gasteiger partial charge in [-0.05, 0) is 55.8 Å². The number of anilines is 1. The number of ether oxygens (including phenoxy) is 3. The highest BCUT2D eigenvalue weighted by Crippen LogP contribution is 2.32. The van der Waals surface area contributed by atoms with E-state index in [1.165, 1.54) is 54.8 Å². The van der Waals surface area contributed by atoms with Crippen molar-refractivity contribution in [2.24, 2.45) is 0 Å². The Hall–Kier alpha value is -3.66. The van der Waals surface area contributed by atoms with Gasteiger partial charge in [0, 0.05) is 4.88 Å². The van der Waals surface area contributed by atoms with Crippen molar-refractivity contribution in [1.29, 1.82) is 0 Å². The first-order valence-electron chi connectivity index (χ1n) is 9.40. The molecule has 2 aromatic heterocycles. The molecule has 168 valence electrons. The fourth-order valence-corrected chi connectivity index (χ4v) is 3.74. The number of thiophene rings is 1. The Labute approximate surface area is 186 Å². The molecule has 0 atom stereocenters. The Balaban J connectivity index is 1.53. The predicted octanol–water partition coefficient (Wildman–Crippen LogP) is 4.26. The second-order valence-electron chi connectivity index (χ2n) is 6.61. The molecule has 1 amide bonds. The SMILES string of the molecule is COC(=O)c1c(NC(=O)COC(=O)c2ccc(COc3ccc(F)cc3)o2)sc(C)c1C. The summed E-state index contributed by atoms with van der Waals surface area (Å²) < 4.78 is 33.4. The topological polar surface area (TPSA) is 104 Å². The number of hydrogen-bond acceptors (Lipinski definition) is 8. The summed E-state index contributed by atoms with van der Waals surface area (Å²) in [5.74, 6) is -1.71. The normalized spacial score (nSPS) is 10.5. The van der Waals surface area contributed by atoms with Crippen LogP contribution in [0, 0.1) is 19.7 Å². The summed E-state index contributed by atoms with van der Waals surface area (Å²) in [7, 11) is 1.25. The van der Waals surface area contributed by atoms with Gasteiger partial charge in [0.05, 0.1) is 12.7 Å². The molecule has 8 nitrogen and oxygen atoms in total. The van der Waals surface area contributed by atoms with Crippen LogP contribution in [0.25, 0.3) is 0 Å². The van der Waals surface area contributed by atoms with Crippen LogP contribution in [-0.2, 0) is 20.9 Å². The van der Waals surface area contributed by atoms with Gasteiger partial charge in [0.25, 0.3) is 5.91 Å². The predicted molar refractivity (Wildman–Crippen MR) is 113 cm³/mol. The molecular formula is C22H20FNO7S. The van der Waals surface area contributed by atoms with Gasteiger partial charge in [-0.1, -0.05) is 0 Å². The molecule has 1 N–H and O–H groups in total. The van der Waals surface area contributed by atoms with Crippen molar-refractivity contribution in [2.45, 2.75) is 20.5 Å². The molecule has 0 unspecified atom stereocenters. The van der Waals surface area contributed by atoms with Crippen molar-refractivity contribution in [1.82, 2.24) is 0 Å². The molecule has 3 rings (SSSR count). The number of carbonyl (C=O) groups is 3. The number of hydrogen-bond donors (Lipinski definition) is 1. The van der Waals surface area contributed by atoms with Gasteiger partial charge in [-0.25, -0.2) is 14.0 Å². The van der Waals surface area contributed by atoms with E-state index in [0.717, 1.165) is 4.88 Å². The van der Waals surface area contributed by atoms with Crippen molar-refractivity contribution in [3.8, 4) is 5.75 Å². The van der Waals surface area contributed by atoms with Crippen molar-refractivity contribution >= 4 is 34.2 Å². The van der Waals surface area contributed by atoms with Crippen LogP contribution in [-0.4, -0.2) is 31.6 Å². The van der Waals surface area contributed by atoms with E-state index in [1.807, 2.05) is 6.92 Å². The van der Waals surface area contributed by atoms with Crippen molar-refractivity contribution < 1.29 is 37.4 Å². The average molecular weight is 461 g/mol. The summed E-state index contributed by atoms with van der Waals surface area (Å²) in [6, 6.07) is 8.38. The molecule has 0 radical (unpaired) electrons. The summed E-state index contributed by atoms with van der Waals surface area (Å²) in [6.07, 6.45) is 0. The summed E-state index contributed by atoms with van der Waals surface area (Å²) in [4.78, 5) is 37.2. The van der Waals surface area contributed by atoms with E-state index in [4.69, 9.17) is 18.6 Å². The molecule has 0 saturated heterocycles. The second-order valence-corrected chi connectivity index (χ2v) is 7.84. The van der Waals surface area contributed by atoms with Crippen LogP contribution in [0.5, 0.6) is 5.75 Å². The molecule has 0 saturated carbocycles. The largest absolute Gasteiger partial charge is 0.486 e. The van der Waals surface area contributed by atoms with Gasteiger partial charge < -0.3 is 23.9 Å². The minimum absolute atomic E-state index is 0.0206. The third kappa shape index (κ3) is 5.52. The van der Waals surface area contributed by atoms with E-state index in [2.05, 4.69) is 5.32 Å². The van der Waals surface area contributed by atoms with E-state index in [0.29, 0.717) is 22.1 Å². The van der Waals surface area contributed by atoms with Crippen molar-refractivity contribution in [2.75, 3.05) is 19.0 Å². The zero-order chi connectivity index (χ0) is 23.3. The highest BCUT2D eigenvalue weighted by Gasteiger charge is 2.22. The van der Waals surface area contributed by atoms with E-state index in [-0.39, 0.29) is 23.7 Å². The maximum Gasteiger partial charge on any atom is 0.374 e. The lowest BCUT2D eigenvalue weighted by Gasteiger charge is -2.06. The second kappa shape index (κ2) is 10.1. The van der Waals surface area contributed by atoms with Gasteiger partial charge in [-0.2, -0.15) is 0 Å². The Morgan fingerprint density at radius 3 is 2.47 bits per heavy atom. The van der Waals surface area contributed by atoms with Crippen LogP contribution in [0.3, 0.4) is 0 Å². The molecule has 2 heterocycles. The van der Waals surface area contributed by atoms with Crippen LogP contribution < -0.4 is 10.1 Å². The Morgan fingerprint density at radius 1 is 1.06 bits per heavy atom. The number of nitrogens with one attached hydrogen (secondary N) is 1. The number of methoxy groups -OCH3 is 1. The Kier molecular flexibility index (Phi) is 7.26. The van der Waals surface area contributed by atoms with Gasteiger partial charge in [0.1, 0.15) is 28.9 Å². The molecule has 0 aliphatic rings. The number of esters is 2. The standard InChI is InChI=1S/C22H20FNO7S/c1-12-13(2)32-20(19(12)22(27)28-3)24-18(25)11-30-21(26)17-9-8-16(31-17)10-29-15-6-4-14(23)5-7-15/h4-9H,10-11H2,1-3H3,(H,24,25). The lowest BCUT2D eigenvalue weighted by molar-refractivity contribution is -0.119. The quantitative estimate of drug-likeness (QED) is 0.500. The number of halogens is 1. The molecule has 0 aliphatic heterocycles. The Bertz CT molecular complexity index is 1130. The van der Waals surface area contributed by atoms with E-state index in [9.17, 15) is 18.8 Å². The molecule has 0 aliphatic carbocycles. The molecule has 10 heteroatoms. The summed E-state index contributed by atoms with van der Waals surface area (Å²) in [5, 5.41) is 2.89. The zero-order valence-corrected chi connectivity index (χ0v) is 18.3. The molecule has 0 bridgehead atoms. The number of benzene rings is 1. The number of carbonyl (C=O) groups excluding carboxylic acids is 3. The van der Waals surface area contributed by atoms with Crippen LogP contribution in [0.1, 0.15) is 37.1 Å². The van der Waals surface area contributed by atoms with E-state index < -0.39 is 24.5 Å². The number of aryl methyl sites for hydroxylation is 1.